The topological polar surface area (TPSA) is 160 Å². The standard InChI is InChI=1S/C23H30F2O11S/c1-3-22(8-4-5-9-22)36-21(29)17-13-10-12-16(17)20(28)35-19(12)18(13)34-15(27)7-6-14(26)33-11(2)23(24,25)37(30,31)32/h11-13,16-19H,3-10H2,1-2H3,(H,30,31,32). The summed E-state index contributed by atoms with van der Waals surface area (Å²) < 4.78 is 78.4. The van der Waals surface area contributed by atoms with E-state index in [9.17, 15) is 36.4 Å². The summed E-state index contributed by atoms with van der Waals surface area (Å²) >= 11 is 0. The summed E-state index contributed by atoms with van der Waals surface area (Å²) in [5.41, 5.74) is -0.559. The van der Waals surface area contributed by atoms with Gasteiger partial charge in [0.25, 0.3) is 0 Å². The minimum atomic E-state index is -5.82. The maximum absolute atomic E-state index is 13.5. The van der Waals surface area contributed by atoms with Crippen molar-refractivity contribution in [3.05, 3.63) is 0 Å². The summed E-state index contributed by atoms with van der Waals surface area (Å²) in [5, 5.41) is -4.73. The number of carbonyl (C=O) groups excluding carboxylic acids is 4. The van der Waals surface area contributed by atoms with Gasteiger partial charge in [0.2, 0.25) is 0 Å². The molecule has 0 radical (unpaired) electrons. The highest BCUT2D eigenvalue weighted by Gasteiger charge is 2.70. The zero-order chi connectivity index (χ0) is 27.3. The maximum Gasteiger partial charge on any atom is 0.405 e. The Bertz CT molecular complexity index is 1070. The second kappa shape index (κ2) is 9.75. The molecule has 7 unspecified atom stereocenters. The first-order chi connectivity index (χ1) is 17.2. The first-order valence-electron chi connectivity index (χ1n) is 12.4. The fourth-order valence-corrected chi connectivity index (χ4v) is 6.71. The van der Waals surface area contributed by atoms with E-state index in [0.29, 0.717) is 19.8 Å². The van der Waals surface area contributed by atoms with Crippen molar-refractivity contribution in [2.75, 3.05) is 0 Å². The smallest absolute Gasteiger partial charge is 0.405 e. The van der Waals surface area contributed by atoms with Crippen molar-refractivity contribution in [3.63, 3.8) is 0 Å². The number of hydrogen-bond acceptors (Lipinski definition) is 10. The van der Waals surface area contributed by atoms with Crippen LogP contribution < -0.4 is 0 Å². The van der Waals surface area contributed by atoms with Crippen LogP contribution in [0.3, 0.4) is 0 Å². The quantitative estimate of drug-likeness (QED) is 0.240. The van der Waals surface area contributed by atoms with Gasteiger partial charge in [-0.25, -0.2) is 0 Å². The molecule has 1 aliphatic heterocycles. The highest BCUT2D eigenvalue weighted by atomic mass is 32.2. The Morgan fingerprint density at radius 3 is 2.38 bits per heavy atom. The summed E-state index contributed by atoms with van der Waals surface area (Å²) in [4.78, 5) is 50.1. The minimum absolute atomic E-state index is 0.303. The van der Waals surface area contributed by atoms with Crippen LogP contribution in [-0.4, -0.2) is 66.0 Å². The molecule has 0 aromatic carbocycles. The number of rotatable bonds is 10. The minimum Gasteiger partial charge on any atom is -0.459 e. The predicted molar refractivity (Wildman–Crippen MR) is 117 cm³/mol. The van der Waals surface area contributed by atoms with Crippen molar-refractivity contribution < 1.29 is 59.9 Å². The molecule has 0 aromatic heterocycles. The van der Waals surface area contributed by atoms with Crippen molar-refractivity contribution in [1.29, 1.82) is 0 Å². The average Bonchev–Trinajstić information content (AvgIpc) is 3.55. The SMILES string of the molecule is CCC1(OC(=O)C2C3CC4C(OC(=O)C42)C3OC(=O)CCC(=O)OC(C)C(F)(F)S(=O)(=O)O)CCCC1. The van der Waals surface area contributed by atoms with Crippen molar-refractivity contribution in [1.82, 2.24) is 0 Å². The van der Waals surface area contributed by atoms with Gasteiger partial charge in [-0.3, -0.25) is 23.7 Å². The molecule has 1 heterocycles. The zero-order valence-corrected chi connectivity index (χ0v) is 21.2. The molecule has 11 nitrogen and oxygen atoms in total. The molecular formula is C23H30F2O11S. The molecule has 0 spiro atoms. The van der Waals surface area contributed by atoms with Crippen LogP contribution in [0.15, 0.2) is 0 Å². The second-order valence-electron chi connectivity index (χ2n) is 10.3. The number of alkyl halides is 2. The molecule has 208 valence electrons. The van der Waals surface area contributed by atoms with Crippen LogP contribution in [0.5, 0.6) is 0 Å². The van der Waals surface area contributed by atoms with Gasteiger partial charge in [0, 0.05) is 11.8 Å². The summed E-state index contributed by atoms with van der Waals surface area (Å²) in [7, 11) is -5.82. The molecular weight excluding hydrogens is 522 g/mol. The van der Waals surface area contributed by atoms with E-state index in [4.69, 9.17) is 18.8 Å². The lowest BCUT2D eigenvalue weighted by atomic mass is 9.78. The van der Waals surface area contributed by atoms with Gasteiger partial charge in [0.1, 0.15) is 17.8 Å². The number of hydrogen-bond donors (Lipinski definition) is 1. The van der Waals surface area contributed by atoms with Crippen LogP contribution in [0.25, 0.3) is 0 Å². The van der Waals surface area contributed by atoms with Crippen molar-refractivity contribution >= 4 is 34.0 Å². The Morgan fingerprint density at radius 1 is 1.16 bits per heavy atom. The van der Waals surface area contributed by atoms with Gasteiger partial charge >= 0.3 is 39.2 Å². The van der Waals surface area contributed by atoms with Gasteiger partial charge < -0.3 is 18.9 Å². The summed E-state index contributed by atoms with van der Waals surface area (Å²) in [6, 6.07) is 0. The largest absolute Gasteiger partial charge is 0.459 e. The summed E-state index contributed by atoms with van der Waals surface area (Å²) in [6.07, 6.45) is -0.958. The van der Waals surface area contributed by atoms with E-state index in [2.05, 4.69) is 4.74 Å². The Kier molecular flexibility index (Phi) is 7.30. The zero-order valence-electron chi connectivity index (χ0n) is 20.4. The Hall–Kier alpha value is -2.35. The summed E-state index contributed by atoms with van der Waals surface area (Å²) in [6.45, 7) is 2.52. The lowest BCUT2D eigenvalue weighted by Gasteiger charge is -2.34. The predicted octanol–water partition coefficient (Wildman–Crippen LogP) is 2.16. The summed E-state index contributed by atoms with van der Waals surface area (Å²) in [5.74, 6) is -5.53. The molecule has 1 N–H and O–H groups in total. The first-order valence-corrected chi connectivity index (χ1v) is 13.8. The Labute approximate surface area is 212 Å². The second-order valence-corrected chi connectivity index (χ2v) is 11.8. The molecule has 4 aliphatic rings. The fourth-order valence-electron chi connectivity index (χ4n) is 6.25. The van der Waals surface area contributed by atoms with Gasteiger partial charge in [0.15, 0.2) is 6.10 Å². The van der Waals surface area contributed by atoms with E-state index in [1.807, 2.05) is 6.92 Å². The monoisotopic (exact) mass is 552 g/mol. The number of carbonyl (C=O) groups is 4. The first kappa shape index (κ1) is 27.7. The van der Waals surface area contributed by atoms with Crippen molar-refractivity contribution in [3.8, 4) is 0 Å². The molecule has 0 amide bonds. The Morgan fingerprint density at radius 2 is 1.78 bits per heavy atom. The van der Waals surface area contributed by atoms with Crippen LogP contribution in [0.4, 0.5) is 8.78 Å². The molecule has 37 heavy (non-hydrogen) atoms. The molecule has 14 heteroatoms. The molecule has 0 aromatic rings. The normalized spacial score (nSPS) is 32.6. The fraction of sp³-hybridized carbons (Fsp3) is 0.826. The molecule has 3 aliphatic carbocycles. The van der Waals surface area contributed by atoms with E-state index >= 15 is 0 Å². The van der Waals surface area contributed by atoms with Crippen LogP contribution in [0, 0.1) is 23.7 Å². The van der Waals surface area contributed by atoms with Gasteiger partial charge in [-0.05, 0) is 45.4 Å². The lowest BCUT2D eigenvalue weighted by Crippen LogP contribution is -2.45. The van der Waals surface area contributed by atoms with Crippen molar-refractivity contribution in [2.45, 2.75) is 94.4 Å². The third kappa shape index (κ3) is 4.93. The van der Waals surface area contributed by atoms with E-state index in [0.717, 1.165) is 25.7 Å². The maximum atomic E-state index is 13.5. The van der Waals surface area contributed by atoms with Crippen LogP contribution in [0.2, 0.25) is 0 Å². The highest BCUT2D eigenvalue weighted by molar-refractivity contribution is 7.86. The molecule has 1 saturated heterocycles. The number of halogens is 2. The van der Waals surface area contributed by atoms with Crippen molar-refractivity contribution in [2.24, 2.45) is 23.7 Å². The van der Waals surface area contributed by atoms with Crippen LogP contribution in [-0.2, 0) is 48.2 Å². The highest BCUT2D eigenvalue weighted by Crippen LogP contribution is 2.59. The number of fused-ring (bicyclic) bond motifs is 1. The van der Waals surface area contributed by atoms with E-state index in [1.54, 1.807) is 0 Å². The van der Waals surface area contributed by atoms with Gasteiger partial charge in [-0.2, -0.15) is 17.2 Å². The van der Waals surface area contributed by atoms with Gasteiger partial charge in [0.05, 0.1) is 24.7 Å². The molecule has 2 bridgehead atoms. The number of esters is 4. The van der Waals surface area contributed by atoms with E-state index in [-0.39, 0.29) is 5.92 Å². The third-order valence-corrected chi connectivity index (χ3v) is 9.24. The molecule has 4 rings (SSSR count). The third-order valence-electron chi connectivity index (χ3n) is 8.22. The van der Waals surface area contributed by atoms with Gasteiger partial charge in [-0.15, -0.1) is 0 Å². The van der Waals surface area contributed by atoms with Gasteiger partial charge in [-0.1, -0.05) is 6.92 Å². The number of ether oxygens (including phenoxy) is 4. The van der Waals surface area contributed by atoms with E-state index < -0.39 is 93.8 Å². The van der Waals surface area contributed by atoms with Crippen LogP contribution in [0.1, 0.15) is 65.2 Å². The Balaban J connectivity index is 1.35. The molecule has 3 saturated carbocycles. The van der Waals surface area contributed by atoms with Crippen LogP contribution >= 0.6 is 0 Å². The molecule has 7 atom stereocenters. The molecule has 4 fully saturated rings. The lowest BCUT2D eigenvalue weighted by molar-refractivity contribution is -0.175. The van der Waals surface area contributed by atoms with E-state index in [1.165, 1.54) is 0 Å². The average molecular weight is 553 g/mol.